The Morgan fingerprint density at radius 1 is 0.900 bits per heavy atom. The zero-order valence-corrected chi connectivity index (χ0v) is 13.4. The molecular weight excluding hydrogens is 255 g/mol. The molecule has 0 N–H and O–H groups in total. The molecule has 4 nitrogen and oxygen atoms in total. The van der Waals surface area contributed by atoms with Crippen molar-refractivity contribution in [2.24, 2.45) is 0 Å². The van der Waals surface area contributed by atoms with E-state index in [0.29, 0.717) is 5.75 Å². The topological polar surface area (TPSA) is 36.9 Å². The van der Waals surface area contributed by atoms with Crippen molar-refractivity contribution in [2.75, 3.05) is 14.2 Å². The first-order chi connectivity index (χ1) is 9.23. The average molecular weight is 278 g/mol. The Morgan fingerprint density at radius 3 is 1.85 bits per heavy atom. The normalized spacial score (nSPS) is 20.1. The molecule has 0 atom stereocenters. The van der Waals surface area contributed by atoms with Gasteiger partial charge in [0.15, 0.2) is 11.5 Å². The van der Waals surface area contributed by atoms with E-state index in [9.17, 15) is 0 Å². The van der Waals surface area contributed by atoms with Crippen LogP contribution in [0.4, 0.5) is 0 Å². The fourth-order valence-electron chi connectivity index (χ4n) is 2.30. The van der Waals surface area contributed by atoms with E-state index in [4.69, 9.17) is 18.8 Å². The van der Waals surface area contributed by atoms with Crippen LogP contribution in [0, 0.1) is 6.92 Å². The molecule has 5 heteroatoms. The van der Waals surface area contributed by atoms with Gasteiger partial charge in [-0.05, 0) is 40.2 Å². The molecule has 1 fully saturated rings. The second-order valence-corrected chi connectivity index (χ2v) is 6.13. The van der Waals surface area contributed by atoms with Crippen molar-refractivity contribution >= 4 is 12.6 Å². The first-order valence-electron chi connectivity index (χ1n) is 6.80. The van der Waals surface area contributed by atoms with Gasteiger partial charge in [0.25, 0.3) is 0 Å². The lowest BCUT2D eigenvalue weighted by Gasteiger charge is -2.32. The van der Waals surface area contributed by atoms with Crippen LogP contribution in [0.25, 0.3) is 0 Å². The molecular formula is C15H23BO4. The van der Waals surface area contributed by atoms with E-state index in [-0.39, 0.29) is 11.2 Å². The summed E-state index contributed by atoms with van der Waals surface area (Å²) in [5.74, 6) is 1.39. The first-order valence-corrected chi connectivity index (χ1v) is 6.80. The summed E-state index contributed by atoms with van der Waals surface area (Å²) in [6, 6.07) is 3.96. The van der Waals surface area contributed by atoms with E-state index in [2.05, 4.69) is 0 Å². The van der Waals surface area contributed by atoms with Crippen LogP contribution in [0.15, 0.2) is 12.1 Å². The maximum absolute atomic E-state index is 6.07. The summed E-state index contributed by atoms with van der Waals surface area (Å²) in [6.07, 6.45) is 0. The molecule has 1 aromatic rings. The van der Waals surface area contributed by atoms with Gasteiger partial charge in [0.1, 0.15) is 0 Å². The molecule has 0 unspecified atom stereocenters. The van der Waals surface area contributed by atoms with Gasteiger partial charge in [0, 0.05) is 5.46 Å². The number of methoxy groups -OCH3 is 2. The van der Waals surface area contributed by atoms with Gasteiger partial charge in [0.2, 0.25) is 0 Å². The number of rotatable bonds is 3. The van der Waals surface area contributed by atoms with E-state index >= 15 is 0 Å². The maximum atomic E-state index is 6.07. The Hall–Kier alpha value is -1.20. The van der Waals surface area contributed by atoms with Gasteiger partial charge in [-0.15, -0.1) is 0 Å². The predicted molar refractivity (Wildman–Crippen MR) is 80.0 cm³/mol. The summed E-state index contributed by atoms with van der Waals surface area (Å²) in [4.78, 5) is 0. The predicted octanol–water partition coefficient (Wildman–Crippen LogP) is 2.31. The Labute approximate surface area is 121 Å². The van der Waals surface area contributed by atoms with Gasteiger partial charge in [-0.25, -0.2) is 0 Å². The quantitative estimate of drug-likeness (QED) is 0.795. The van der Waals surface area contributed by atoms with Gasteiger partial charge in [0.05, 0.1) is 25.4 Å². The molecule has 20 heavy (non-hydrogen) atoms. The van der Waals surface area contributed by atoms with Crippen molar-refractivity contribution < 1.29 is 18.8 Å². The third-order valence-electron chi connectivity index (χ3n) is 4.25. The summed E-state index contributed by atoms with van der Waals surface area (Å²) in [5, 5.41) is 0. The van der Waals surface area contributed by atoms with E-state index in [1.165, 1.54) is 0 Å². The van der Waals surface area contributed by atoms with Crippen LogP contribution in [-0.2, 0) is 9.31 Å². The largest absolute Gasteiger partial charge is 0.498 e. The number of ether oxygens (including phenoxy) is 2. The first kappa shape index (κ1) is 15.2. The van der Waals surface area contributed by atoms with Gasteiger partial charge in [-0.3, -0.25) is 0 Å². The highest BCUT2D eigenvalue weighted by Gasteiger charge is 2.52. The fraction of sp³-hybridized carbons (Fsp3) is 0.600. The van der Waals surface area contributed by atoms with E-state index in [1.54, 1.807) is 14.2 Å². The van der Waals surface area contributed by atoms with Crippen molar-refractivity contribution in [1.82, 2.24) is 0 Å². The van der Waals surface area contributed by atoms with Crippen molar-refractivity contribution in [3.05, 3.63) is 17.7 Å². The molecule has 0 spiro atoms. The minimum absolute atomic E-state index is 0.374. The fourth-order valence-corrected chi connectivity index (χ4v) is 2.30. The molecule has 1 heterocycles. The third-order valence-corrected chi connectivity index (χ3v) is 4.25. The van der Waals surface area contributed by atoms with Gasteiger partial charge >= 0.3 is 7.12 Å². The second kappa shape index (κ2) is 4.97. The average Bonchev–Trinajstić information content (AvgIpc) is 2.57. The number of aryl methyl sites for hydroxylation is 1. The molecule has 0 amide bonds. The Kier molecular flexibility index (Phi) is 3.78. The Bertz CT molecular complexity index is 495. The van der Waals surface area contributed by atoms with Crippen molar-refractivity contribution in [3.8, 4) is 11.5 Å². The molecule has 1 aliphatic rings. The smallest absolute Gasteiger partial charge is 0.493 e. The molecule has 0 bridgehead atoms. The van der Waals surface area contributed by atoms with Crippen LogP contribution < -0.4 is 14.9 Å². The van der Waals surface area contributed by atoms with Crippen LogP contribution in [0.1, 0.15) is 33.3 Å². The Morgan fingerprint density at radius 2 is 1.40 bits per heavy atom. The summed E-state index contributed by atoms with van der Waals surface area (Å²) in [6.45, 7) is 10.1. The second-order valence-electron chi connectivity index (χ2n) is 6.13. The van der Waals surface area contributed by atoms with E-state index in [0.717, 1.165) is 16.8 Å². The molecule has 0 radical (unpaired) electrons. The monoisotopic (exact) mass is 278 g/mol. The highest BCUT2D eigenvalue weighted by Crippen LogP contribution is 2.38. The van der Waals surface area contributed by atoms with Crippen LogP contribution >= 0.6 is 0 Å². The molecule has 1 aromatic carbocycles. The van der Waals surface area contributed by atoms with Crippen LogP contribution in [0.3, 0.4) is 0 Å². The highest BCUT2D eigenvalue weighted by molar-refractivity contribution is 6.63. The summed E-state index contributed by atoms with van der Waals surface area (Å²) in [5.41, 5.74) is 1.12. The molecule has 1 aliphatic heterocycles. The molecule has 0 saturated carbocycles. The zero-order valence-electron chi connectivity index (χ0n) is 13.4. The van der Waals surface area contributed by atoms with E-state index < -0.39 is 7.12 Å². The molecule has 1 saturated heterocycles. The van der Waals surface area contributed by atoms with Gasteiger partial charge < -0.3 is 18.8 Å². The number of hydrogen-bond acceptors (Lipinski definition) is 4. The maximum Gasteiger partial charge on any atom is 0.498 e. The van der Waals surface area contributed by atoms with Crippen LogP contribution in [0.2, 0.25) is 0 Å². The molecule has 0 aromatic heterocycles. The highest BCUT2D eigenvalue weighted by atomic mass is 16.7. The molecule has 110 valence electrons. The summed E-state index contributed by atoms with van der Waals surface area (Å²) < 4.78 is 23.1. The minimum Gasteiger partial charge on any atom is -0.493 e. The van der Waals surface area contributed by atoms with Crippen molar-refractivity contribution in [1.29, 1.82) is 0 Å². The summed E-state index contributed by atoms with van der Waals surface area (Å²) >= 11 is 0. The molecule has 2 rings (SSSR count). The van der Waals surface area contributed by atoms with Crippen LogP contribution in [-0.4, -0.2) is 32.5 Å². The third kappa shape index (κ3) is 2.29. The lowest BCUT2D eigenvalue weighted by atomic mass is 9.77. The lowest BCUT2D eigenvalue weighted by molar-refractivity contribution is 0.00578. The van der Waals surface area contributed by atoms with Gasteiger partial charge in [-0.1, -0.05) is 12.1 Å². The minimum atomic E-state index is -0.454. The molecule has 0 aliphatic carbocycles. The van der Waals surface area contributed by atoms with Crippen LogP contribution in [0.5, 0.6) is 11.5 Å². The van der Waals surface area contributed by atoms with E-state index in [1.807, 2.05) is 46.8 Å². The number of benzene rings is 1. The summed E-state index contributed by atoms with van der Waals surface area (Å²) in [7, 11) is 2.81. The lowest BCUT2D eigenvalue weighted by Crippen LogP contribution is -2.41. The Balaban J connectivity index is 2.45. The standard InChI is InChI=1S/C15H23BO4/c1-10-8-9-11(13(18-7)12(10)17-6)16-19-14(2,3)15(4,5)20-16/h8-9H,1-7H3. The zero-order chi connectivity index (χ0) is 15.1. The SMILES string of the molecule is COc1c(C)ccc(B2OC(C)(C)C(C)(C)O2)c1OC. The van der Waals surface area contributed by atoms with Crippen molar-refractivity contribution in [2.45, 2.75) is 45.8 Å². The van der Waals surface area contributed by atoms with Crippen molar-refractivity contribution in [3.63, 3.8) is 0 Å². The van der Waals surface area contributed by atoms with Gasteiger partial charge in [-0.2, -0.15) is 0 Å². The number of hydrogen-bond donors (Lipinski definition) is 0.